The Morgan fingerprint density at radius 2 is 2.00 bits per heavy atom. The van der Waals surface area contributed by atoms with Gasteiger partial charge in [-0.2, -0.15) is 0 Å². The Hall–Kier alpha value is -2.22. The van der Waals surface area contributed by atoms with Gasteiger partial charge in [0.05, 0.1) is 18.4 Å². The molecule has 0 fully saturated rings. The Morgan fingerprint density at radius 1 is 1.32 bits per heavy atom. The topological polar surface area (TPSA) is 90.0 Å². The van der Waals surface area contributed by atoms with Crippen molar-refractivity contribution in [3.05, 3.63) is 28.2 Å². The second-order valence-electron chi connectivity index (χ2n) is 4.54. The van der Waals surface area contributed by atoms with Gasteiger partial charge in [0.25, 0.3) is 11.7 Å². The maximum absolute atomic E-state index is 11.9. The van der Waals surface area contributed by atoms with Gasteiger partial charge in [-0.25, -0.2) is 4.79 Å². The third-order valence-electron chi connectivity index (χ3n) is 3.06. The summed E-state index contributed by atoms with van der Waals surface area (Å²) in [6, 6.07) is 4.72. The van der Waals surface area contributed by atoms with E-state index in [2.05, 4.69) is 20.7 Å². The molecule has 1 aliphatic heterocycles. The van der Waals surface area contributed by atoms with Gasteiger partial charge in [-0.05, 0) is 25.1 Å². The van der Waals surface area contributed by atoms with Gasteiger partial charge in [-0.1, -0.05) is 15.9 Å². The van der Waals surface area contributed by atoms with E-state index in [1.165, 1.54) is 20.1 Å². The van der Waals surface area contributed by atoms with Gasteiger partial charge in [-0.15, -0.1) is 0 Å². The maximum atomic E-state index is 11.9. The van der Waals surface area contributed by atoms with Gasteiger partial charge in [0.15, 0.2) is 6.10 Å². The van der Waals surface area contributed by atoms with Crippen LogP contribution in [0, 0.1) is 0 Å². The SMILES string of the molecule is COC(=O)C(C)OC(=O)CN1C(=O)C(=O)c2cc(Br)ccc21. The molecule has 2 rings (SSSR count). The number of hydrogen-bond acceptors (Lipinski definition) is 6. The summed E-state index contributed by atoms with van der Waals surface area (Å²) in [7, 11) is 1.17. The minimum absolute atomic E-state index is 0.216. The molecule has 0 bridgehead atoms. The third-order valence-corrected chi connectivity index (χ3v) is 3.56. The lowest BCUT2D eigenvalue weighted by molar-refractivity contribution is -0.163. The zero-order valence-corrected chi connectivity index (χ0v) is 13.4. The minimum atomic E-state index is -1.09. The molecule has 0 radical (unpaired) electrons. The number of halogens is 1. The van der Waals surface area contributed by atoms with Crippen LogP contribution in [0.2, 0.25) is 0 Å². The fourth-order valence-corrected chi connectivity index (χ4v) is 2.37. The van der Waals surface area contributed by atoms with Gasteiger partial charge < -0.3 is 9.47 Å². The first-order chi connectivity index (χ1) is 10.3. The van der Waals surface area contributed by atoms with Crippen LogP contribution in [0.5, 0.6) is 0 Å². The first kappa shape index (κ1) is 16.2. The second-order valence-corrected chi connectivity index (χ2v) is 5.45. The van der Waals surface area contributed by atoms with E-state index in [1.807, 2.05) is 0 Å². The van der Waals surface area contributed by atoms with E-state index in [9.17, 15) is 19.2 Å². The normalized spacial score (nSPS) is 14.6. The number of methoxy groups -OCH3 is 1. The van der Waals surface area contributed by atoms with Crippen LogP contribution in [0.15, 0.2) is 22.7 Å². The molecule has 22 heavy (non-hydrogen) atoms. The van der Waals surface area contributed by atoms with Crippen LogP contribution in [0.25, 0.3) is 0 Å². The third kappa shape index (κ3) is 3.01. The van der Waals surface area contributed by atoms with E-state index >= 15 is 0 Å². The molecule has 0 aromatic heterocycles. The van der Waals surface area contributed by atoms with Gasteiger partial charge in [-0.3, -0.25) is 19.3 Å². The van der Waals surface area contributed by atoms with Crippen molar-refractivity contribution in [3.8, 4) is 0 Å². The van der Waals surface area contributed by atoms with E-state index in [0.717, 1.165) is 4.90 Å². The Morgan fingerprint density at radius 3 is 2.64 bits per heavy atom. The number of amides is 1. The standard InChI is InChI=1S/C14H12BrNO6/c1-7(14(20)21-2)22-11(17)6-16-10-4-3-8(15)5-9(10)12(18)13(16)19/h3-5,7H,6H2,1-2H3. The lowest BCUT2D eigenvalue weighted by Crippen LogP contribution is -2.37. The maximum Gasteiger partial charge on any atom is 0.346 e. The highest BCUT2D eigenvalue weighted by Crippen LogP contribution is 2.31. The van der Waals surface area contributed by atoms with Crippen LogP contribution in [0.4, 0.5) is 5.69 Å². The monoisotopic (exact) mass is 369 g/mol. The molecule has 1 aromatic rings. The summed E-state index contributed by atoms with van der Waals surface area (Å²) < 4.78 is 9.94. The molecule has 1 heterocycles. The molecule has 1 aliphatic rings. The number of carbonyl (C=O) groups excluding carboxylic acids is 4. The van der Waals surface area contributed by atoms with Crippen LogP contribution < -0.4 is 4.90 Å². The number of Topliss-reactive ketones (excluding diaryl/α,β-unsaturated/α-hetero) is 1. The number of esters is 2. The Balaban J connectivity index is 2.14. The average molecular weight is 370 g/mol. The zero-order valence-electron chi connectivity index (χ0n) is 11.8. The van der Waals surface area contributed by atoms with Gasteiger partial charge in [0.1, 0.15) is 6.54 Å². The van der Waals surface area contributed by atoms with Gasteiger partial charge in [0.2, 0.25) is 0 Å². The van der Waals surface area contributed by atoms with Crippen molar-refractivity contribution in [2.24, 2.45) is 0 Å². The molecule has 1 unspecified atom stereocenters. The number of nitrogens with zero attached hydrogens (tertiary/aromatic N) is 1. The Labute approximate surface area is 134 Å². The molecule has 8 heteroatoms. The number of ether oxygens (including phenoxy) is 2. The summed E-state index contributed by atoms with van der Waals surface area (Å²) in [6.45, 7) is 0.895. The van der Waals surface area contributed by atoms with Crippen LogP contribution in [0.3, 0.4) is 0 Å². The van der Waals surface area contributed by atoms with Crippen molar-refractivity contribution in [2.45, 2.75) is 13.0 Å². The van der Waals surface area contributed by atoms with E-state index in [0.29, 0.717) is 10.2 Å². The fraction of sp³-hybridized carbons (Fsp3) is 0.286. The molecule has 0 saturated heterocycles. The molecule has 116 valence electrons. The van der Waals surface area contributed by atoms with E-state index in [4.69, 9.17) is 4.74 Å². The van der Waals surface area contributed by atoms with Crippen molar-refractivity contribution < 1.29 is 28.7 Å². The number of benzene rings is 1. The summed E-state index contributed by atoms with van der Waals surface area (Å²) >= 11 is 3.21. The molecule has 0 N–H and O–H groups in total. The molecule has 0 saturated carbocycles. The molecular weight excluding hydrogens is 358 g/mol. The first-order valence-corrected chi connectivity index (χ1v) is 7.07. The number of rotatable bonds is 4. The number of ketones is 1. The van der Waals surface area contributed by atoms with Crippen molar-refractivity contribution in [3.63, 3.8) is 0 Å². The average Bonchev–Trinajstić information content (AvgIpc) is 2.71. The predicted octanol–water partition coefficient (Wildman–Crippen LogP) is 1.08. The van der Waals surface area contributed by atoms with E-state index in [1.54, 1.807) is 12.1 Å². The quantitative estimate of drug-likeness (QED) is 0.582. The zero-order chi connectivity index (χ0) is 16.4. The first-order valence-electron chi connectivity index (χ1n) is 6.28. The van der Waals surface area contributed by atoms with Crippen molar-refractivity contribution in [1.29, 1.82) is 0 Å². The molecule has 0 spiro atoms. The molecule has 7 nitrogen and oxygen atoms in total. The molecule has 0 aliphatic carbocycles. The van der Waals surface area contributed by atoms with Crippen molar-refractivity contribution in [2.75, 3.05) is 18.6 Å². The molecular formula is C14H12BrNO6. The molecule has 1 atom stereocenters. The summed E-state index contributed by atoms with van der Waals surface area (Å²) in [4.78, 5) is 47.9. The molecule has 1 aromatic carbocycles. The Kier molecular flexibility index (Phi) is 4.60. The Bertz CT molecular complexity index is 671. The lowest BCUT2D eigenvalue weighted by atomic mass is 10.1. The van der Waals surface area contributed by atoms with Gasteiger partial charge in [0, 0.05) is 4.47 Å². The number of anilines is 1. The fourth-order valence-electron chi connectivity index (χ4n) is 2.01. The number of hydrogen-bond donors (Lipinski definition) is 0. The van der Waals surface area contributed by atoms with Crippen molar-refractivity contribution >= 4 is 45.2 Å². The summed E-state index contributed by atoms with van der Waals surface area (Å²) in [5, 5.41) is 0. The van der Waals surface area contributed by atoms with Crippen LogP contribution in [-0.2, 0) is 23.9 Å². The van der Waals surface area contributed by atoms with E-state index < -0.39 is 36.3 Å². The summed E-state index contributed by atoms with van der Waals surface area (Å²) in [6.07, 6.45) is -1.09. The molecule has 1 amide bonds. The highest BCUT2D eigenvalue weighted by Gasteiger charge is 2.37. The minimum Gasteiger partial charge on any atom is -0.466 e. The van der Waals surface area contributed by atoms with Crippen LogP contribution in [0.1, 0.15) is 17.3 Å². The van der Waals surface area contributed by atoms with Crippen LogP contribution >= 0.6 is 15.9 Å². The predicted molar refractivity (Wildman–Crippen MR) is 78.4 cm³/mol. The van der Waals surface area contributed by atoms with Crippen molar-refractivity contribution in [1.82, 2.24) is 0 Å². The van der Waals surface area contributed by atoms with E-state index in [-0.39, 0.29) is 5.56 Å². The summed E-state index contributed by atoms with van der Waals surface area (Å²) in [5.41, 5.74) is 0.550. The second kappa shape index (κ2) is 6.27. The van der Waals surface area contributed by atoms with Crippen LogP contribution in [-0.4, -0.2) is 43.4 Å². The number of fused-ring (bicyclic) bond motifs is 1. The summed E-state index contributed by atoms with van der Waals surface area (Å²) in [5.74, 6) is -3.02. The highest BCUT2D eigenvalue weighted by molar-refractivity contribution is 9.10. The number of carbonyl (C=O) groups is 4. The lowest BCUT2D eigenvalue weighted by Gasteiger charge is -2.17. The van der Waals surface area contributed by atoms with Gasteiger partial charge >= 0.3 is 11.9 Å². The highest BCUT2D eigenvalue weighted by atomic mass is 79.9. The smallest absolute Gasteiger partial charge is 0.346 e. The largest absolute Gasteiger partial charge is 0.466 e.